The van der Waals surface area contributed by atoms with E-state index >= 15 is 0 Å². The van der Waals surface area contributed by atoms with Crippen LogP contribution < -0.4 is 0 Å². The Kier molecular flexibility index (Phi) is 14.6. The summed E-state index contributed by atoms with van der Waals surface area (Å²) in [6.45, 7) is 6.20. The van der Waals surface area contributed by atoms with Crippen molar-refractivity contribution in [1.82, 2.24) is 14.8 Å². The third-order valence-corrected chi connectivity index (χ3v) is 9.08. The Hall–Kier alpha value is -2.31. The SMILES string of the molecule is CCCCCCCCCCCCCCCCCc1nnc(CO)n1-c1sc(CC)cc1C(=O)c1ccc(C)cc1. The molecule has 0 bridgehead atoms. The van der Waals surface area contributed by atoms with Gasteiger partial charge < -0.3 is 5.11 Å². The van der Waals surface area contributed by atoms with Crippen molar-refractivity contribution in [2.45, 2.75) is 137 Å². The van der Waals surface area contributed by atoms with Crippen molar-refractivity contribution in [3.05, 3.63) is 63.5 Å². The normalized spacial score (nSPS) is 11.4. The van der Waals surface area contributed by atoms with E-state index < -0.39 is 0 Å². The first kappa shape index (κ1) is 32.2. The van der Waals surface area contributed by atoms with Gasteiger partial charge in [-0.2, -0.15) is 0 Å². The number of ketones is 1. The summed E-state index contributed by atoms with van der Waals surface area (Å²) in [6.07, 6.45) is 21.7. The minimum atomic E-state index is -0.205. The van der Waals surface area contributed by atoms with Crippen LogP contribution in [-0.2, 0) is 19.4 Å². The van der Waals surface area contributed by atoms with E-state index in [1.165, 1.54) is 89.9 Å². The molecule has 0 aliphatic rings. The molecular weight excluding hydrogens is 514 g/mol. The molecule has 0 aliphatic heterocycles. The number of nitrogens with zero attached hydrogens (tertiary/aromatic N) is 3. The Morgan fingerprint density at radius 1 is 0.775 bits per heavy atom. The predicted molar refractivity (Wildman–Crippen MR) is 168 cm³/mol. The molecule has 0 unspecified atom stereocenters. The van der Waals surface area contributed by atoms with Gasteiger partial charge in [-0.05, 0) is 25.8 Å². The van der Waals surface area contributed by atoms with E-state index in [0.717, 1.165) is 40.5 Å². The fourth-order valence-corrected chi connectivity index (χ4v) is 6.43. The number of aromatic nitrogens is 3. The average Bonchev–Trinajstić information content (AvgIpc) is 3.58. The summed E-state index contributed by atoms with van der Waals surface area (Å²) in [5.41, 5.74) is 2.47. The van der Waals surface area contributed by atoms with Gasteiger partial charge in [-0.3, -0.25) is 9.36 Å². The lowest BCUT2D eigenvalue weighted by atomic mass is 10.0. The number of thiophene rings is 1. The minimum absolute atomic E-state index is 0.00136. The number of carbonyl (C=O) groups is 1. The molecule has 1 N–H and O–H groups in total. The molecule has 0 radical (unpaired) electrons. The second-order valence-electron chi connectivity index (χ2n) is 11.2. The highest BCUT2D eigenvalue weighted by molar-refractivity contribution is 7.15. The first-order chi connectivity index (χ1) is 19.6. The average molecular weight is 566 g/mol. The first-order valence-corrected chi connectivity index (χ1v) is 16.7. The highest BCUT2D eigenvalue weighted by Gasteiger charge is 2.23. The van der Waals surface area contributed by atoms with E-state index in [0.29, 0.717) is 17.0 Å². The van der Waals surface area contributed by atoms with Crippen molar-refractivity contribution in [3.8, 4) is 5.00 Å². The quantitative estimate of drug-likeness (QED) is 0.103. The molecule has 6 heteroatoms. The number of carbonyl (C=O) groups excluding carboxylic acids is 1. The maximum Gasteiger partial charge on any atom is 0.196 e. The van der Waals surface area contributed by atoms with Crippen molar-refractivity contribution in [2.24, 2.45) is 0 Å². The number of rotatable bonds is 21. The van der Waals surface area contributed by atoms with E-state index in [1.54, 1.807) is 11.3 Å². The van der Waals surface area contributed by atoms with Crippen LogP contribution in [0.25, 0.3) is 5.00 Å². The fraction of sp³-hybridized carbons (Fsp3) is 0.618. The van der Waals surface area contributed by atoms with Crippen LogP contribution in [0.3, 0.4) is 0 Å². The van der Waals surface area contributed by atoms with Crippen molar-refractivity contribution in [1.29, 1.82) is 0 Å². The number of hydrogen-bond donors (Lipinski definition) is 1. The molecule has 2 aromatic heterocycles. The van der Waals surface area contributed by atoms with Crippen LogP contribution in [0, 0.1) is 6.92 Å². The van der Waals surface area contributed by atoms with E-state index in [9.17, 15) is 9.90 Å². The molecule has 40 heavy (non-hydrogen) atoms. The van der Waals surface area contributed by atoms with Gasteiger partial charge >= 0.3 is 0 Å². The third kappa shape index (κ3) is 9.95. The van der Waals surface area contributed by atoms with Gasteiger partial charge in [-0.25, -0.2) is 0 Å². The maximum atomic E-state index is 13.5. The zero-order valence-corrected chi connectivity index (χ0v) is 26.0. The highest BCUT2D eigenvalue weighted by atomic mass is 32.1. The lowest BCUT2D eigenvalue weighted by Crippen LogP contribution is -2.10. The zero-order valence-electron chi connectivity index (χ0n) is 25.2. The van der Waals surface area contributed by atoms with Crippen molar-refractivity contribution >= 4 is 17.1 Å². The summed E-state index contributed by atoms with van der Waals surface area (Å²) >= 11 is 1.60. The summed E-state index contributed by atoms with van der Waals surface area (Å²) < 4.78 is 1.94. The molecule has 3 rings (SSSR count). The summed E-state index contributed by atoms with van der Waals surface area (Å²) in [5.74, 6) is 1.33. The van der Waals surface area contributed by atoms with Gasteiger partial charge in [0, 0.05) is 16.9 Å². The Labute approximate surface area is 246 Å². The summed E-state index contributed by atoms with van der Waals surface area (Å²) in [7, 11) is 0. The first-order valence-electron chi connectivity index (χ1n) is 15.9. The second kappa shape index (κ2) is 18.2. The fourth-order valence-electron chi connectivity index (χ4n) is 5.30. The standard InChI is InChI=1S/C34H51N3O2S/c1-4-6-7-8-9-10-11-12-13-14-15-16-17-18-19-20-31-35-36-32(26-38)37(31)34-30(25-29(5-2)40-34)33(39)28-23-21-27(3)22-24-28/h21-25,38H,4-20,26H2,1-3H3. The van der Waals surface area contributed by atoms with Crippen molar-refractivity contribution in [2.75, 3.05) is 0 Å². The largest absolute Gasteiger partial charge is 0.388 e. The number of aryl methyl sites for hydroxylation is 3. The minimum Gasteiger partial charge on any atom is -0.388 e. The Bertz CT molecular complexity index is 1130. The van der Waals surface area contributed by atoms with Crippen molar-refractivity contribution in [3.63, 3.8) is 0 Å². The Morgan fingerprint density at radius 3 is 1.82 bits per heavy atom. The molecule has 0 aliphatic carbocycles. The van der Waals surface area contributed by atoms with Gasteiger partial charge in [0.2, 0.25) is 0 Å². The number of aliphatic hydroxyl groups is 1. The van der Waals surface area contributed by atoms with Gasteiger partial charge in [0.15, 0.2) is 11.6 Å². The lowest BCUT2D eigenvalue weighted by Gasteiger charge is -2.10. The molecule has 5 nitrogen and oxygen atoms in total. The van der Waals surface area contributed by atoms with E-state index in [2.05, 4.69) is 24.0 Å². The van der Waals surface area contributed by atoms with Crippen LogP contribution >= 0.6 is 11.3 Å². The molecule has 0 amide bonds. The monoisotopic (exact) mass is 565 g/mol. The molecule has 0 spiro atoms. The smallest absolute Gasteiger partial charge is 0.196 e. The van der Waals surface area contributed by atoms with Gasteiger partial charge in [0.05, 0.1) is 5.56 Å². The van der Waals surface area contributed by atoms with Crippen molar-refractivity contribution < 1.29 is 9.90 Å². The van der Waals surface area contributed by atoms with Crippen LogP contribution in [-0.4, -0.2) is 25.7 Å². The number of hydrogen-bond acceptors (Lipinski definition) is 5. The van der Waals surface area contributed by atoms with Crippen LogP contribution in [0.5, 0.6) is 0 Å². The molecule has 0 saturated heterocycles. The zero-order chi connectivity index (χ0) is 28.6. The topological polar surface area (TPSA) is 68.0 Å². The van der Waals surface area contributed by atoms with Gasteiger partial charge in [-0.15, -0.1) is 21.5 Å². The van der Waals surface area contributed by atoms with Crippen LogP contribution in [0.15, 0.2) is 30.3 Å². The summed E-state index contributed by atoms with van der Waals surface area (Å²) in [4.78, 5) is 14.7. The summed E-state index contributed by atoms with van der Waals surface area (Å²) in [5, 5.41) is 19.6. The van der Waals surface area contributed by atoms with E-state index in [4.69, 9.17) is 0 Å². The van der Waals surface area contributed by atoms with E-state index in [-0.39, 0.29) is 12.4 Å². The Balaban J connectivity index is 1.47. The third-order valence-electron chi connectivity index (χ3n) is 7.82. The molecule has 0 fully saturated rings. The maximum absolute atomic E-state index is 13.5. The number of benzene rings is 1. The summed E-state index contributed by atoms with van der Waals surface area (Å²) in [6, 6.07) is 9.72. The van der Waals surface area contributed by atoms with Crippen LogP contribution in [0.1, 0.15) is 148 Å². The second-order valence-corrected chi connectivity index (χ2v) is 12.3. The van der Waals surface area contributed by atoms with E-state index in [1.807, 2.05) is 41.8 Å². The van der Waals surface area contributed by atoms with Gasteiger partial charge in [0.25, 0.3) is 0 Å². The molecule has 0 saturated carbocycles. The van der Waals surface area contributed by atoms with Crippen LogP contribution in [0.2, 0.25) is 0 Å². The Morgan fingerprint density at radius 2 is 1.30 bits per heavy atom. The molecule has 1 aromatic carbocycles. The lowest BCUT2D eigenvalue weighted by molar-refractivity contribution is 0.103. The molecule has 0 atom stereocenters. The molecular formula is C34H51N3O2S. The van der Waals surface area contributed by atoms with Gasteiger partial charge in [-0.1, -0.05) is 134 Å². The number of unbranched alkanes of at least 4 members (excludes halogenated alkanes) is 14. The molecule has 3 aromatic rings. The van der Waals surface area contributed by atoms with Crippen LogP contribution in [0.4, 0.5) is 0 Å². The predicted octanol–water partition coefficient (Wildman–Crippen LogP) is 9.34. The number of aliphatic hydroxyl groups excluding tert-OH is 1. The highest BCUT2D eigenvalue weighted by Crippen LogP contribution is 2.31. The molecule has 220 valence electrons. The molecule has 2 heterocycles. The van der Waals surface area contributed by atoms with Gasteiger partial charge in [0.1, 0.15) is 17.4 Å².